The average molecular weight is 140 g/mol. The fourth-order valence-electron chi connectivity index (χ4n) is 1.08. The standard InChI is InChI=1S/C7H8O3/c1-10-7-3-2-6(9)5(7)4-8/h7H,2-3H2,1H3. The van der Waals surface area contributed by atoms with Crippen LogP contribution < -0.4 is 0 Å². The van der Waals surface area contributed by atoms with Crippen LogP contribution in [-0.4, -0.2) is 24.9 Å². The molecule has 54 valence electrons. The molecule has 3 nitrogen and oxygen atoms in total. The lowest BCUT2D eigenvalue weighted by molar-refractivity contribution is -0.114. The first kappa shape index (κ1) is 7.19. The third-order valence-corrected chi connectivity index (χ3v) is 1.65. The second-order valence-electron chi connectivity index (χ2n) is 2.20. The van der Waals surface area contributed by atoms with Crippen molar-refractivity contribution in [2.75, 3.05) is 7.11 Å². The zero-order valence-electron chi connectivity index (χ0n) is 5.72. The van der Waals surface area contributed by atoms with Crippen LogP contribution in [0.3, 0.4) is 0 Å². The van der Waals surface area contributed by atoms with E-state index in [9.17, 15) is 9.59 Å². The van der Waals surface area contributed by atoms with Gasteiger partial charge >= 0.3 is 0 Å². The third kappa shape index (κ3) is 1.01. The van der Waals surface area contributed by atoms with Gasteiger partial charge in [-0.2, -0.15) is 0 Å². The summed E-state index contributed by atoms with van der Waals surface area (Å²) in [7, 11) is 1.49. The zero-order chi connectivity index (χ0) is 7.56. The first-order valence-electron chi connectivity index (χ1n) is 3.10. The molecule has 0 heterocycles. The van der Waals surface area contributed by atoms with Crippen LogP contribution in [0.4, 0.5) is 0 Å². The predicted molar refractivity (Wildman–Crippen MR) is 34.2 cm³/mol. The van der Waals surface area contributed by atoms with Gasteiger partial charge in [-0.05, 0) is 6.42 Å². The van der Waals surface area contributed by atoms with Gasteiger partial charge in [-0.1, -0.05) is 0 Å². The van der Waals surface area contributed by atoms with Gasteiger partial charge in [0.25, 0.3) is 0 Å². The molecule has 1 saturated carbocycles. The summed E-state index contributed by atoms with van der Waals surface area (Å²) < 4.78 is 4.86. The van der Waals surface area contributed by atoms with Gasteiger partial charge in [-0.3, -0.25) is 4.79 Å². The highest BCUT2D eigenvalue weighted by atomic mass is 16.5. The highest BCUT2D eigenvalue weighted by molar-refractivity contribution is 6.05. The Hall–Kier alpha value is -0.920. The molecule has 1 unspecified atom stereocenters. The van der Waals surface area contributed by atoms with E-state index in [0.29, 0.717) is 12.8 Å². The number of carbonyl (C=O) groups excluding carboxylic acids is 2. The Balaban J connectivity index is 2.83. The Morgan fingerprint density at radius 3 is 2.80 bits per heavy atom. The van der Waals surface area contributed by atoms with E-state index in [-0.39, 0.29) is 17.5 Å². The second-order valence-corrected chi connectivity index (χ2v) is 2.20. The molecule has 10 heavy (non-hydrogen) atoms. The van der Waals surface area contributed by atoms with Crippen molar-refractivity contribution in [2.45, 2.75) is 18.9 Å². The molecule has 0 N–H and O–H groups in total. The van der Waals surface area contributed by atoms with Crippen molar-refractivity contribution < 1.29 is 14.3 Å². The predicted octanol–water partition coefficient (Wildman–Crippen LogP) is 0.122. The van der Waals surface area contributed by atoms with Gasteiger partial charge in [-0.25, -0.2) is 4.79 Å². The van der Waals surface area contributed by atoms with E-state index in [1.807, 2.05) is 0 Å². The molecule has 0 aromatic rings. The molecule has 0 amide bonds. The molecule has 1 aliphatic carbocycles. The summed E-state index contributed by atoms with van der Waals surface area (Å²) in [4.78, 5) is 20.9. The molecule has 1 rings (SSSR count). The largest absolute Gasteiger partial charge is 0.376 e. The third-order valence-electron chi connectivity index (χ3n) is 1.65. The smallest absolute Gasteiger partial charge is 0.172 e. The van der Waals surface area contributed by atoms with Gasteiger partial charge in [0.2, 0.25) is 0 Å². The molecule has 1 fully saturated rings. The Morgan fingerprint density at radius 2 is 2.40 bits per heavy atom. The minimum Gasteiger partial charge on any atom is -0.376 e. The van der Waals surface area contributed by atoms with E-state index in [1.165, 1.54) is 7.11 Å². The van der Waals surface area contributed by atoms with Crippen LogP contribution >= 0.6 is 0 Å². The van der Waals surface area contributed by atoms with Crippen molar-refractivity contribution in [3.63, 3.8) is 0 Å². The van der Waals surface area contributed by atoms with Gasteiger partial charge < -0.3 is 4.74 Å². The first-order chi connectivity index (χ1) is 4.79. The Morgan fingerprint density at radius 1 is 1.70 bits per heavy atom. The van der Waals surface area contributed by atoms with Crippen LogP contribution in [0, 0.1) is 0 Å². The number of ether oxygens (including phenoxy) is 1. The Kier molecular flexibility index (Phi) is 2.00. The lowest BCUT2D eigenvalue weighted by Crippen LogP contribution is -2.10. The van der Waals surface area contributed by atoms with Crippen LogP contribution in [0.5, 0.6) is 0 Å². The minimum atomic E-state index is -0.301. The number of hydrogen-bond donors (Lipinski definition) is 0. The SMILES string of the molecule is COC1CCC(=O)C1=C=O. The molecular formula is C7H8O3. The van der Waals surface area contributed by atoms with Gasteiger partial charge in [0.1, 0.15) is 11.5 Å². The Bertz CT molecular complexity index is 201. The lowest BCUT2D eigenvalue weighted by atomic mass is 10.2. The maximum atomic E-state index is 10.8. The molecule has 1 atom stereocenters. The van der Waals surface area contributed by atoms with Crippen molar-refractivity contribution in [1.29, 1.82) is 0 Å². The van der Waals surface area contributed by atoms with Crippen LogP contribution in [-0.2, 0) is 14.3 Å². The molecule has 1 aliphatic rings. The Labute approximate surface area is 58.7 Å². The van der Waals surface area contributed by atoms with Crippen molar-refractivity contribution in [3.8, 4) is 0 Å². The van der Waals surface area contributed by atoms with Crippen LogP contribution in [0.25, 0.3) is 0 Å². The molecule has 0 spiro atoms. The van der Waals surface area contributed by atoms with Crippen molar-refractivity contribution in [1.82, 2.24) is 0 Å². The fourth-order valence-corrected chi connectivity index (χ4v) is 1.08. The van der Waals surface area contributed by atoms with Crippen molar-refractivity contribution in [2.24, 2.45) is 0 Å². The summed E-state index contributed by atoms with van der Waals surface area (Å²) in [5.74, 6) is 1.48. The van der Waals surface area contributed by atoms with Gasteiger partial charge in [0, 0.05) is 13.5 Å². The van der Waals surface area contributed by atoms with E-state index in [2.05, 4.69) is 0 Å². The quantitative estimate of drug-likeness (QED) is 0.384. The zero-order valence-corrected chi connectivity index (χ0v) is 5.72. The molecule has 0 saturated heterocycles. The highest BCUT2D eigenvalue weighted by Gasteiger charge is 2.29. The maximum absolute atomic E-state index is 10.8. The number of methoxy groups -OCH3 is 1. The van der Waals surface area contributed by atoms with Crippen LogP contribution in [0.1, 0.15) is 12.8 Å². The number of ketones is 1. The fraction of sp³-hybridized carbons (Fsp3) is 0.571. The van der Waals surface area contributed by atoms with Crippen molar-refractivity contribution >= 4 is 11.7 Å². The minimum absolute atomic E-state index is 0.123. The number of carbonyl (C=O) groups is 1. The summed E-state index contributed by atoms with van der Waals surface area (Å²) in [6.45, 7) is 0. The summed E-state index contributed by atoms with van der Waals surface area (Å²) in [5.41, 5.74) is 0.169. The molecule has 3 heteroatoms. The summed E-state index contributed by atoms with van der Waals surface area (Å²) in [5, 5.41) is 0. The first-order valence-corrected chi connectivity index (χ1v) is 3.10. The topological polar surface area (TPSA) is 43.4 Å². The van der Waals surface area contributed by atoms with Crippen molar-refractivity contribution in [3.05, 3.63) is 5.57 Å². The summed E-state index contributed by atoms with van der Waals surface area (Å²) in [6, 6.07) is 0. The van der Waals surface area contributed by atoms with E-state index in [0.717, 1.165) is 0 Å². The highest BCUT2D eigenvalue weighted by Crippen LogP contribution is 2.20. The number of hydrogen-bond acceptors (Lipinski definition) is 3. The molecule has 0 aromatic heterocycles. The van der Waals surface area contributed by atoms with Gasteiger partial charge in [0.15, 0.2) is 5.78 Å². The lowest BCUT2D eigenvalue weighted by Gasteiger charge is -2.02. The molecule has 0 aliphatic heterocycles. The van der Waals surface area contributed by atoms with E-state index < -0.39 is 0 Å². The molecule has 0 aromatic carbocycles. The van der Waals surface area contributed by atoms with Gasteiger partial charge in [0.05, 0.1) is 6.10 Å². The monoisotopic (exact) mass is 140 g/mol. The molecular weight excluding hydrogens is 132 g/mol. The van der Waals surface area contributed by atoms with Crippen LogP contribution in [0.15, 0.2) is 5.57 Å². The maximum Gasteiger partial charge on any atom is 0.172 e. The molecule has 0 radical (unpaired) electrons. The number of Topliss-reactive ketones (excluding diaryl/α,β-unsaturated/α-hetero) is 1. The summed E-state index contributed by atoms with van der Waals surface area (Å²) in [6.07, 6.45) is 0.744. The van der Waals surface area contributed by atoms with E-state index in [4.69, 9.17) is 4.74 Å². The van der Waals surface area contributed by atoms with Gasteiger partial charge in [-0.15, -0.1) is 0 Å². The second kappa shape index (κ2) is 2.78. The van der Waals surface area contributed by atoms with E-state index >= 15 is 0 Å². The van der Waals surface area contributed by atoms with Crippen LogP contribution in [0.2, 0.25) is 0 Å². The summed E-state index contributed by atoms with van der Waals surface area (Å²) >= 11 is 0. The van der Waals surface area contributed by atoms with E-state index in [1.54, 1.807) is 5.94 Å². The average Bonchev–Trinajstić information content (AvgIpc) is 2.30. The number of rotatable bonds is 1. The normalized spacial score (nSPS) is 25.1. The molecule has 0 bridgehead atoms.